The van der Waals surface area contributed by atoms with Crippen LogP contribution in [-0.2, 0) is 27.2 Å². The monoisotopic (exact) mass is 504 g/mol. The van der Waals surface area contributed by atoms with Gasteiger partial charge in [0.2, 0.25) is 0 Å². The zero-order valence-corrected chi connectivity index (χ0v) is 22.2. The Labute approximate surface area is 221 Å². The highest BCUT2D eigenvalue weighted by Crippen LogP contribution is 2.47. The Morgan fingerprint density at radius 3 is 1.39 bits per heavy atom. The van der Waals surface area contributed by atoms with Crippen LogP contribution in [0.1, 0.15) is 22.8 Å². The van der Waals surface area contributed by atoms with E-state index in [0.29, 0.717) is 24.2 Å². The summed E-state index contributed by atoms with van der Waals surface area (Å²) in [6, 6.07) is 20.3. The standard InChI is InChI=1S/C32H30N4O2/c1-21-33(3)13-15-35(21)19-25-17-23-9-5-7-11-27(23)29(31(25)37)30-28-12-8-6-10-24(28)18-26(32(30)38)20-36-16-14-34(4)22(36)2/h5-18H,19-20H2,1-4H3/p+2. The third-order valence-electron chi connectivity index (χ3n) is 7.93. The highest BCUT2D eigenvalue weighted by atomic mass is 16.3. The number of phenols is 2. The van der Waals surface area contributed by atoms with Gasteiger partial charge in [0, 0.05) is 36.1 Å². The Kier molecular flexibility index (Phi) is 5.68. The maximum absolute atomic E-state index is 11.9. The molecule has 6 heteroatoms. The first-order chi connectivity index (χ1) is 18.3. The summed E-state index contributed by atoms with van der Waals surface area (Å²) in [6.07, 6.45) is 8.08. The number of phenolic OH excluding ortho intramolecular Hbond substituents is 2. The van der Waals surface area contributed by atoms with E-state index in [9.17, 15) is 10.2 Å². The number of hydrogen-bond acceptors (Lipinski definition) is 2. The van der Waals surface area contributed by atoms with Crippen LogP contribution < -0.4 is 9.13 Å². The highest BCUT2D eigenvalue weighted by Gasteiger charge is 2.24. The van der Waals surface area contributed by atoms with E-state index >= 15 is 0 Å². The number of hydrogen-bond donors (Lipinski definition) is 2. The van der Waals surface area contributed by atoms with Crippen molar-refractivity contribution in [2.75, 3.05) is 0 Å². The number of aryl methyl sites for hydroxylation is 2. The summed E-state index contributed by atoms with van der Waals surface area (Å²) < 4.78 is 8.36. The molecule has 4 aromatic carbocycles. The molecule has 0 aliphatic rings. The topological polar surface area (TPSA) is 58.1 Å². The first-order valence-corrected chi connectivity index (χ1v) is 12.8. The van der Waals surface area contributed by atoms with Crippen LogP contribution >= 0.6 is 0 Å². The van der Waals surface area contributed by atoms with Crippen molar-refractivity contribution >= 4 is 21.5 Å². The molecule has 0 spiro atoms. The van der Waals surface area contributed by atoms with E-state index < -0.39 is 0 Å². The quantitative estimate of drug-likeness (QED) is 0.323. The molecule has 2 heterocycles. The van der Waals surface area contributed by atoms with Gasteiger partial charge in [0.1, 0.15) is 49.4 Å². The van der Waals surface area contributed by atoms with E-state index in [4.69, 9.17) is 0 Å². The van der Waals surface area contributed by atoms with Gasteiger partial charge >= 0.3 is 0 Å². The first-order valence-electron chi connectivity index (χ1n) is 12.8. The van der Waals surface area contributed by atoms with Crippen molar-refractivity contribution < 1.29 is 19.3 Å². The van der Waals surface area contributed by atoms with Gasteiger partial charge in [-0.2, -0.15) is 0 Å². The predicted molar refractivity (Wildman–Crippen MR) is 149 cm³/mol. The van der Waals surface area contributed by atoms with Crippen molar-refractivity contribution in [1.29, 1.82) is 0 Å². The summed E-state index contributed by atoms with van der Waals surface area (Å²) >= 11 is 0. The number of imidazole rings is 2. The molecule has 6 nitrogen and oxygen atoms in total. The maximum Gasteiger partial charge on any atom is 0.253 e. The second kappa shape index (κ2) is 9.06. The van der Waals surface area contributed by atoms with Crippen LogP contribution in [0, 0.1) is 13.8 Å². The van der Waals surface area contributed by atoms with Crippen LogP contribution in [0.3, 0.4) is 0 Å². The fourth-order valence-corrected chi connectivity index (χ4v) is 5.44. The Hall–Kier alpha value is -4.58. The van der Waals surface area contributed by atoms with Crippen LogP contribution in [0.2, 0.25) is 0 Å². The Morgan fingerprint density at radius 1 is 0.632 bits per heavy atom. The number of aromatic nitrogens is 4. The number of fused-ring (bicyclic) bond motifs is 2. The first kappa shape index (κ1) is 23.8. The van der Waals surface area contributed by atoms with Crippen LogP contribution in [-0.4, -0.2) is 19.3 Å². The molecular formula is C32H32N4O2+2. The summed E-state index contributed by atoms with van der Waals surface area (Å²) in [5.74, 6) is 2.57. The minimum atomic E-state index is 0.195. The van der Waals surface area contributed by atoms with Gasteiger partial charge in [-0.05, 0) is 33.7 Å². The number of benzene rings is 4. The average molecular weight is 505 g/mol. The number of aromatic hydroxyl groups is 2. The molecule has 2 aromatic heterocycles. The third-order valence-corrected chi connectivity index (χ3v) is 7.93. The average Bonchev–Trinajstić information content (AvgIpc) is 3.41. The molecule has 0 radical (unpaired) electrons. The smallest absolute Gasteiger partial charge is 0.253 e. The zero-order valence-electron chi connectivity index (χ0n) is 22.2. The number of nitrogens with zero attached hydrogens (tertiary/aromatic N) is 4. The molecule has 0 fully saturated rings. The Balaban J connectivity index is 1.63. The molecule has 0 aliphatic carbocycles. The molecule has 0 unspecified atom stereocenters. The third kappa shape index (κ3) is 3.80. The molecule has 0 atom stereocenters. The van der Waals surface area contributed by atoms with Crippen molar-refractivity contribution in [3.63, 3.8) is 0 Å². The van der Waals surface area contributed by atoms with Gasteiger partial charge in [-0.1, -0.05) is 48.5 Å². The highest BCUT2D eigenvalue weighted by molar-refractivity contribution is 6.10. The lowest BCUT2D eigenvalue weighted by Crippen LogP contribution is -2.29. The summed E-state index contributed by atoms with van der Waals surface area (Å²) in [6.45, 7) is 5.16. The molecule has 6 rings (SSSR count). The molecule has 0 saturated heterocycles. The number of rotatable bonds is 5. The summed E-state index contributed by atoms with van der Waals surface area (Å²) in [5, 5.41) is 27.6. The Morgan fingerprint density at radius 2 is 1.03 bits per heavy atom. The van der Waals surface area contributed by atoms with Crippen molar-refractivity contribution in [2.24, 2.45) is 14.1 Å². The van der Waals surface area contributed by atoms with Crippen molar-refractivity contribution in [3.05, 3.63) is 108 Å². The van der Waals surface area contributed by atoms with E-state index in [1.165, 1.54) is 0 Å². The van der Waals surface area contributed by atoms with E-state index in [1.807, 2.05) is 75.3 Å². The Bertz CT molecular complexity index is 1710. The molecule has 0 aliphatic heterocycles. The second-order valence-electron chi connectivity index (χ2n) is 10.1. The van der Waals surface area contributed by atoms with Crippen molar-refractivity contribution in [2.45, 2.75) is 26.9 Å². The van der Waals surface area contributed by atoms with Gasteiger partial charge in [0.15, 0.2) is 0 Å². The molecule has 38 heavy (non-hydrogen) atoms. The molecular weight excluding hydrogens is 472 g/mol. The second-order valence-corrected chi connectivity index (χ2v) is 10.1. The van der Waals surface area contributed by atoms with E-state index in [1.54, 1.807) is 0 Å². The summed E-state index contributed by atoms with van der Waals surface area (Å²) in [7, 11) is 4.03. The zero-order chi connectivity index (χ0) is 26.6. The van der Waals surface area contributed by atoms with Crippen LogP contribution in [0.5, 0.6) is 11.5 Å². The lowest BCUT2D eigenvalue weighted by atomic mass is 9.88. The summed E-state index contributed by atoms with van der Waals surface area (Å²) in [4.78, 5) is 0. The fraction of sp³-hybridized carbons (Fsp3) is 0.188. The van der Waals surface area contributed by atoms with Crippen LogP contribution in [0.4, 0.5) is 0 Å². The summed E-state index contributed by atoms with van der Waals surface area (Å²) in [5.41, 5.74) is 2.94. The van der Waals surface area contributed by atoms with Gasteiger partial charge < -0.3 is 10.2 Å². The van der Waals surface area contributed by atoms with E-state index in [-0.39, 0.29) is 11.5 Å². The predicted octanol–water partition coefficient (Wildman–Crippen LogP) is 5.04. The van der Waals surface area contributed by atoms with Crippen molar-refractivity contribution in [3.8, 4) is 22.6 Å². The normalized spacial score (nSPS) is 11.6. The molecule has 0 amide bonds. The fourth-order valence-electron chi connectivity index (χ4n) is 5.44. The maximum atomic E-state index is 11.9. The molecule has 0 bridgehead atoms. The molecule has 6 aromatic rings. The lowest BCUT2D eigenvalue weighted by molar-refractivity contribution is -0.677. The van der Waals surface area contributed by atoms with Gasteiger partial charge in [-0.25, -0.2) is 18.3 Å². The lowest BCUT2D eigenvalue weighted by Gasteiger charge is -2.18. The largest absolute Gasteiger partial charge is 0.507 e. The van der Waals surface area contributed by atoms with E-state index in [0.717, 1.165) is 44.3 Å². The SMILES string of the molecule is Cc1n(Cc2cc3ccccc3c(-c3c(O)c(Cn4cc[n+](C)c4C)cc4ccccc34)c2O)cc[n+]1C. The van der Waals surface area contributed by atoms with Gasteiger partial charge in [0.25, 0.3) is 11.6 Å². The molecule has 2 N–H and O–H groups in total. The van der Waals surface area contributed by atoms with E-state index in [2.05, 4.69) is 56.4 Å². The van der Waals surface area contributed by atoms with Crippen LogP contribution in [0.25, 0.3) is 32.7 Å². The van der Waals surface area contributed by atoms with Gasteiger partial charge in [-0.3, -0.25) is 0 Å². The molecule has 190 valence electrons. The minimum Gasteiger partial charge on any atom is -0.507 e. The van der Waals surface area contributed by atoms with Crippen molar-refractivity contribution in [1.82, 2.24) is 9.13 Å². The van der Waals surface area contributed by atoms with Gasteiger partial charge in [0.05, 0.1) is 14.1 Å². The van der Waals surface area contributed by atoms with Gasteiger partial charge in [-0.15, -0.1) is 0 Å². The molecule has 0 saturated carbocycles. The van der Waals surface area contributed by atoms with Crippen LogP contribution in [0.15, 0.2) is 85.5 Å². The minimum absolute atomic E-state index is 0.195.